The Kier molecular flexibility index (Phi) is 5.75. The van der Waals surface area contributed by atoms with Gasteiger partial charge in [0.15, 0.2) is 0 Å². The zero-order valence-electron chi connectivity index (χ0n) is 11.9. The van der Waals surface area contributed by atoms with Crippen LogP contribution in [0.15, 0.2) is 0 Å². The molecule has 0 amide bonds. The van der Waals surface area contributed by atoms with E-state index in [4.69, 9.17) is 11.6 Å². The number of hydrogen-bond donors (Lipinski definition) is 2. The van der Waals surface area contributed by atoms with Crippen LogP contribution in [0.2, 0.25) is 5.28 Å². The molecule has 0 bridgehead atoms. The van der Waals surface area contributed by atoms with Crippen LogP contribution in [0.5, 0.6) is 0 Å². The highest BCUT2D eigenvalue weighted by atomic mass is 35.5. The van der Waals surface area contributed by atoms with E-state index in [1.54, 1.807) is 13.8 Å². The summed E-state index contributed by atoms with van der Waals surface area (Å²) in [6.07, 6.45) is 0.972. The Bertz CT molecular complexity index is 408. The summed E-state index contributed by atoms with van der Waals surface area (Å²) in [7, 11) is 0. The number of hydrogen-bond acceptors (Lipinski definition) is 6. The second kappa shape index (κ2) is 6.86. The van der Waals surface area contributed by atoms with E-state index in [-0.39, 0.29) is 5.28 Å². The molecule has 2 N–H and O–H groups in total. The van der Waals surface area contributed by atoms with E-state index in [0.29, 0.717) is 25.0 Å². The van der Waals surface area contributed by atoms with Crippen LogP contribution in [0.1, 0.15) is 34.1 Å². The zero-order valence-corrected chi connectivity index (χ0v) is 12.7. The first-order valence-corrected chi connectivity index (χ1v) is 6.86. The standard InChI is InChI=1S/C12H22ClN5O/c1-5-7-14-10-15-9(13)16-11(17-10)18(6-2)8-12(3,4)19/h19H,5-8H2,1-4H3,(H,14,15,16,17). The van der Waals surface area contributed by atoms with Gasteiger partial charge >= 0.3 is 0 Å². The number of rotatable bonds is 7. The molecule has 0 spiro atoms. The van der Waals surface area contributed by atoms with Crippen LogP contribution in [-0.2, 0) is 0 Å². The quantitative estimate of drug-likeness (QED) is 0.798. The molecular weight excluding hydrogens is 266 g/mol. The predicted molar refractivity (Wildman–Crippen MR) is 77.8 cm³/mol. The molecule has 0 aliphatic heterocycles. The Morgan fingerprint density at radius 2 is 1.95 bits per heavy atom. The highest BCUT2D eigenvalue weighted by Crippen LogP contribution is 2.16. The average Bonchev–Trinajstić information content (AvgIpc) is 2.31. The van der Waals surface area contributed by atoms with Crippen LogP contribution in [0.25, 0.3) is 0 Å². The van der Waals surface area contributed by atoms with Crippen molar-refractivity contribution in [2.75, 3.05) is 29.9 Å². The van der Waals surface area contributed by atoms with Gasteiger partial charge in [-0.25, -0.2) is 0 Å². The summed E-state index contributed by atoms with van der Waals surface area (Å²) in [6, 6.07) is 0. The predicted octanol–water partition coefficient (Wildman–Crippen LogP) is 1.94. The number of halogens is 1. The van der Waals surface area contributed by atoms with Gasteiger partial charge in [-0.05, 0) is 38.8 Å². The molecule has 0 aliphatic rings. The number of aromatic nitrogens is 3. The maximum Gasteiger partial charge on any atom is 0.231 e. The Morgan fingerprint density at radius 3 is 2.47 bits per heavy atom. The molecule has 0 atom stereocenters. The SMILES string of the molecule is CCCNc1nc(Cl)nc(N(CC)CC(C)(C)O)n1. The lowest BCUT2D eigenvalue weighted by Gasteiger charge is -2.28. The third-order valence-electron chi connectivity index (χ3n) is 2.37. The van der Waals surface area contributed by atoms with E-state index < -0.39 is 5.60 Å². The molecule has 1 aromatic rings. The van der Waals surface area contributed by atoms with Gasteiger partial charge in [0.1, 0.15) is 0 Å². The fourth-order valence-electron chi connectivity index (χ4n) is 1.59. The van der Waals surface area contributed by atoms with E-state index in [1.165, 1.54) is 0 Å². The molecule has 19 heavy (non-hydrogen) atoms. The summed E-state index contributed by atoms with van der Waals surface area (Å²) in [5.74, 6) is 0.939. The van der Waals surface area contributed by atoms with Gasteiger partial charge in [0.25, 0.3) is 0 Å². The van der Waals surface area contributed by atoms with Crippen LogP contribution in [0.4, 0.5) is 11.9 Å². The van der Waals surface area contributed by atoms with Crippen molar-refractivity contribution in [3.8, 4) is 0 Å². The van der Waals surface area contributed by atoms with Crippen molar-refractivity contribution in [3.63, 3.8) is 0 Å². The molecule has 108 valence electrons. The van der Waals surface area contributed by atoms with Crippen LogP contribution < -0.4 is 10.2 Å². The van der Waals surface area contributed by atoms with Crippen molar-refractivity contribution in [3.05, 3.63) is 5.28 Å². The van der Waals surface area contributed by atoms with Crippen LogP contribution in [0.3, 0.4) is 0 Å². The van der Waals surface area contributed by atoms with E-state index in [2.05, 4.69) is 27.2 Å². The van der Waals surface area contributed by atoms with Crippen LogP contribution in [-0.4, -0.2) is 45.3 Å². The van der Waals surface area contributed by atoms with Gasteiger partial charge in [-0.15, -0.1) is 0 Å². The number of anilines is 2. The summed E-state index contributed by atoms with van der Waals surface area (Å²) < 4.78 is 0. The molecule has 7 heteroatoms. The normalized spacial score (nSPS) is 11.5. The second-order valence-corrected chi connectivity index (χ2v) is 5.32. The molecule has 0 radical (unpaired) electrons. The molecule has 1 aromatic heterocycles. The van der Waals surface area contributed by atoms with Gasteiger partial charge in [0.05, 0.1) is 5.60 Å². The summed E-state index contributed by atoms with van der Waals surface area (Å²) in [4.78, 5) is 14.3. The summed E-state index contributed by atoms with van der Waals surface area (Å²) >= 11 is 5.91. The molecule has 0 saturated heterocycles. The number of nitrogens with zero attached hydrogens (tertiary/aromatic N) is 4. The van der Waals surface area contributed by atoms with Gasteiger partial charge in [-0.2, -0.15) is 15.0 Å². The highest BCUT2D eigenvalue weighted by Gasteiger charge is 2.20. The number of aliphatic hydroxyl groups is 1. The fourth-order valence-corrected chi connectivity index (χ4v) is 1.74. The molecule has 0 aromatic carbocycles. The molecule has 6 nitrogen and oxygen atoms in total. The van der Waals surface area contributed by atoms with Crippen LogP contribution >= 0.6 is 11.6 Å². The van der Waals surface area contributed by atoms with Gasteiger partial charge in [0.2, 0.25) is 17.2 Å². The smallest absolute Gasteiger partial charge is 0.231 e. The van der Waals surface area contributed by atoms with E-state index in [1.807, 2.05) is 11.8 Å². The highest BCUT2D eigenvalue weighted by molar-refractivity contribution is 6.28. The van der Waals surface area contributed by atoms with Gasteiger partial charge in [-0.3, -0.25) is 0 Å². The van der Waals surface area contributed by atoms with Crippen molar-refractivity contribution in [1.29, 1.82) is 0 Å². The molecular formula is C12H22ClN5O. The van der Waals surface area contributed by atoms with E-state index >= 15 is 0 Å². The molecule has 0 fully saturated rings. The van der Waals surface area contributed by atoms with E-state index in [9.17, 15) is 5.11 Å². The lowest BCUT2D eigenvalue weighted by molar-refractivity contribution is 0.0872. The molecule has 1 rings (SSSR count). The monoisotopic (exact) mass is 287 g/mol. The van der Waals surface area contributed by atoms with Crippen molar-refractivity contribution in [2.24, 2.45) is 0 Å². The van der Waals surface area contributed by atoms with Gasteiger partial charge < -0.3 is 15.3 Å². The Hall–Kier alpha value is -1.14. The van der Waals surface area contributed by atoms with Crippen molar-refractivity contribution in [1.82, 2.24) is 15.0 Å². The maximum atomic E-state index is 9.90. The Morgan fingerprint density at radius 1 is 1.26 bits per heavy atom. The third-order valence-corrected chi connectivity index (χ3v) is 2.54. The maximum absolute atomic E-state index is 9.90. The molecule has 0 saturated carbocycles. The summed E-state index contributed by atoms with van der Waals surface area (Å²) in [6.45, 7) is 9.40. The minimum atomic E-state index is -0.827. The minimum absolute atomic E-state index is 0.151. The zero-order chi connectivity index (χ0) is 14.5. The first-order valence-electron chi connectivity index (χ1n) is 6.48. The van der Waals surface area contributed by atoms with E-state index in [0.717, 1.165) is 13.0 Å². The topological polar surface area (TPSA) is 74.2 Å². The Labute approximate surface area is 119 Å². The third kappa shape index (κ3) is 5.57. The summed E-state index contributed by atoms with van der Waals surface area (Å²) in [5, 5.41) is 13.1. The summed E-state index contributed by atoms with van der Waals surface area (Å²) in [5.41, 5.74) is -0.827. The van der Waals surface area contributed by atoms with Crippen molar-refractivity contribution in [2.45, 2.75) is 39.7 Å². The lowest BCUT2D eigenvalue weighted by Crippen LogP contribution is -2.39. The van der Waals surface area contributed by atoms with Gasteiger partial charge in [-0.1, -0.05) is 6.92 Å². The minimum Gasteiger partial charge on any atom is -0.389 e. The van der Waals surface area contributed by atoms with Crippen molar-refractivity contribution >= 4 is 23.5 Å². The largest absolute Gasteiger partial charge is 0.389 e. The van der Waals surface area contributed by atoms with Crippen LogP contribution in [0, 0.1) is 0 Å². The number of likely N-dealkylation sites (N-methyl/N-ethyl adjacent to an activating group) is 1. The Balaban J connectivity index is 2.93. The molecule has 1 heterocycles. The average molecular weight is 288 g/mol. The van der Waals surface area contributed by atoms with Crippen molar-refractivity contribution < 1.29 is 5.11 Å². The molecule has 0 unspecified atom stereocenters. The first-order chi connectivity index (χ1) is 8.85. The lowest BCUT2D eigenvalue weighted by atomic mass is 10.1. The molecule has 0 aliphatic carbocycles. The first kappa shape index (κ1) is 15.9. The second-order valence-electron chi connectivity index (χ2n) is 4.98. The van der Waals surface area contributed by atoms with Gasteiger partial charge in [0, 0.05) is 19.6 Å². The number of nitrogens with one attached hydrogen (secondary N) is 1. The fraction of sp³-hybridized carbons (Fsp3) is 0.750.